The summed E-state index contributed by atoms with van der Waals surface area (Å²) in [5, 5.41) is 9.38. The molecule has 5 heteroatoms. The minimum Gasteiger partial charge on any atom is -0.384 e. The molecule has 1 fully saturated rings. The van der Waals surface area contributed by atoms with E-state index in [1.807, 2.05) is 0 Å². The van der Waals surface area contributed by atoms with E-state index in [4.69, 9.17) is 5.73 Å². The van der Waals surface area contributed by atoms with E-state index in [2.05, 4.69) is 43.2 Å². The van der Waals surface area contributed by atoms with Crippen LogP contribution in [0.4, 0.5) is 5.82 Å². The predicted octanol–water partition coefficient (Wildman–Crippen LogP) is 1.29. The molecule has 4 N–H and O–H groups in total. The van der Waals surface area contributed by atoms with Crippen LogP contribution in [0, 0.1) is 16.7 Å². The Kier molecular flexibility index (Phi) is 2.45. The molecule has 0 saturated heterocycles. The number of anilines is 1. The van der Waals surface area contributed by atoms with Crippen LogP contribution in [0.5, 0.6) is 0 Å². The molecule has 17 heavy (non-hydrogen) atoms. The summed E-state index contributed by atoms with van der Waals surface area (Å²) in [6.07, 6.45) is 1.64. The van der Waals surface area contributed by atoms with Crippen LogP contribution in [-0.2, 0) is 11.3 Å². The van der Waals surface area contributed by atoms with Crippen molar-refractivity contribution in [2.45, 2.75) is 34.2 Å². The molecule has 0 atom stereocenters. The highest BCUT2D eigenvalue weighted by Gasteiger charge is 2.68. The van der Waals surface area contributed by atoms with E-state index in [9.17, 15) is 4.79 Å². The lowest BCUT2D eigenvalue weighted by Crippen LogP contribution is -2.27. The predicted molar refractivity (Wildman–Crippen MR) is 65.9 cm³/mol. The Balaban J connectivity index is 1.94. The number of aromatic nitrogens is 2. The van der Waals surface area contributed by atoms with Gasteiger partial charge < -0.3 is 11.1 Å². The quantitative estimate of drug-likeness (QED) is 0.739. The molecule has 0 spiro atoms. The van der Waals surface area contributed by atoms with Crippen LogP contribution in [0.1, 0.15) is 33.3 Å². The molecule has 5 nitrogen and oxygen atoms in total. The first-order valence-electron chi connectivity index (χ1n) is 5.84. The average molecular weight is 236 g/mol. The Bertz CT molecular complexity index is 433. The lowest BCUT2D eigenvalue weighted by Gasteiger charge is -2.05. The minimum absolute atomic E-state index is 0.0685. The molecule has 1 amide bonds. The standard InChI is InChI=1S/C12H20N4O/c1-11(2)8(12(11,3)4)10(17)14-5-7-6-15-16-9(7)13/h6,8H,5H2,1-4H3,(H,14,17)(H3,13,15,16). The zero-order chi connectivity index (χ0) is 12.8. The summed E-state index contributed by atoms with van der Waals surface area (Å²) >= 11 is 0. The number of H-pyrrole nitrogens is 1. The molecule has 0 bridgehead atoms. The van der Waals surface area contributed by atoms with Crippen molar-refractivity contribution in [3.63, 3.8) is 0 Å². The third-order valence-electron chi connectivity index (χ3n) is 4.49. The Hall–Kier alpha value is -1.52. The summed E-state index contributed by atoms with van der Waals surface area (Å²) in [6, 6.07) is 0. The molecule has 1 saturated carbocycles. The van der Waals surface area contributed by atoms with Gasteiger partial charge in [0.1, 0.15) is 5.82 Å². The summed E-state index contributed by atoms with van der Waals surface area (Å²) < 4.78 is 0. The molecule has 0 aromatic carbocycles. The molecule has 1 aliphatic rings. The third-order valence-corrected chi connectivity index (χ3v) is 4.49. The fourth-order valence-corrected chi connectivity index (χ4v) is 2.60. The van der Waals surface area contributed by atoms with Crippen LogP contribution in [0.2, 0.25) is 0 Å². The zero-order valence-electron chi connectivity index (χ0n) is 10.8. The smallest absolute Gasteiger partial charge is 0.224 e. The van der Waals surface area contributed by atoms with E-state index in [0.29, 0.717) is 12.4 Å². The number of hydrogen-bond donors (Lipinski definition) is 3. The van der Waals surface area contributed by atoms with Crippen molar-refractivity contribution in [1.29, 1.82) is 0 Å². The summed E-state index contributed by atoms with van der Waals surface area (Å²) in [5.41, 5.74) is 6.62. The van der Waals surface area contributed by atoms with Gasteiger partial charge in [-0.15, -0.1) is 0 Å². The number of amides is 1. The van der Waals surface area contributed by atoms with Crippen LogP contribution < -0.4 is 11.1 Å². The molecule has 94 valence electrons. The largest absolute Gasteiger partial charge is 0.384 e. The normalized spacial score (nSPS) is 21.2. The zero-order valence-corrected chi connectivity index (χ0v) is 10.8. The van der Waals surface area contributed by atoms with E-state index in [-0.39, 0.29) is 22.7 Å². The number of carbonyl (C=O) groups excluding carboxylic acids is 1. The number of hydrogen-bond acceptors (Lipinski definition) is 3. The Labute approximate surface area is 101 Å². The maximum atomic E-state index is 12.1. The number of aromatic amines is 1. The molecule has 1 heterocycles. The second kappa shape index (κ2) is 3.48. The number of rotatable bonds is 3. The first kappa shape index (κ1) is 12.0. The molecular weight excluding hydrogens is 216 g/mol. The van der Waals surface area contributed by atoms with Crippen LogP contribution in [-0.4, -0.2) is 16.1 Å². The topological polar surface area (TPSA) is 83.8 Å². The van der Waals surface area contributed by atoms with E-state index in [1.54, 1.807) is 6.20 Å². The summed E-state index contributed by atoms with van der Waals surface area (Å²) in [7, 11) is 0. The lowest BCUT2D eigenvalue weighted by atomic mass is 10.0. The summed E-state index contributed by atoms with van der Waals surface area (Å²) in [5.74, 6) is 0.684. The van der Waals surface area contributed by atoms with Crippen molar-refractivity contribution in [2.24, 2.45) is 16.7 Å². The fraction of sp³-hybridized carbons (Fsp3) is 0.667. The first-order valence-corrected chi connectivity index (χ1v) is 5.84. The minimum atomic E-state index is 0.0685. The van der Waals surface area contributed by atoms with E-state index >= 15 is 0 Å². The first-order chi connectivity index (χ1) is 7.78. The Morgan fingerprint density at radius 1 is 1.47 bits per heavy atom. The summed E-state index contributed by atoms with van der Waals surface area (Å²) in [6.45, 7) is 8.95. The van der Waals surface area contributed by atoms with Crippen molar-refractivity contribution < 1.29 is 4.79 Å². The summed E-state index contributed by atoms with van der Waals surface area (Å²) in [4.78, 5) is 12.1. The number of nitrogens with zero attached hydrogens (tertiary/aromatic N) is 1. The van der Waals surface area contributed by atoms with E-state index in [1.165, 1.54) is 0 Å². The monoisotopic (exact) mass is 236 g/mol. The van der Waals surface area contributed by atoms with Crippen molar-refractivity contribution >= 4 is 11.7 Å². The van der Waals surface area contributed by atoms with E-state index < -0.39 is 0 Å². The van der Waals surface area contributed by atoms with Gasteiger partial charge in [0.2, 0.25) is 5.91 Å². The molecule has 1 aromatic rings. The molecule has 0 aliphatic heterocycles. The van der Waals surface area contributed by atoms with Gasteiger partial charge in [-0.2, -0.15) is 5.10 Å². The van der Waals surface area contributed by atoms with Gasteiger partial charge in [0.15, 0.2) is 0 Å². The van der Waals surface area contributed by atoms with Gasteiger partial charge in [-0.25, -0.2) is 0 Å². The van der Waals surface area contributed by atoms with Gasteiger partial charge >= 0.3 is 0 Å². The molecule has 0 radical (unpaired) electrons. The molecule has 2 rings (SSSR count). The molecule has 1 aromatic heterocycles. The van der Waals surface area contributed by atoms with Gasteiger partial charge in [-0.05, 0) is 10.8 Å². The molecular formula is C12H20N4O. The molecule has 1 aliphatic carbocycles. The van der Waals surface area contributed by atoms with Crippen LogP contribution in [0.25, 0.3) is 0 Å². The van der Waals surface area contributed by atoms with Gasteiger partial charge in [0.05, 0.1) is 6.20 Å². The third kappa shape index (κ3) is 1.69. The number of nitrogens with one attached hydrogen (secondary N) is 2. The maximum absolute atomic E-state index is 12.1. The second-order valence-corrected chi connectivity index (χ2v) is 5.90. The van der Waals surface area contributed by atoms with Crippen molar-refractivity contribution in [1.82, 2.24) is 15.5 Å². The van der Waals surface area contributed by atoms with Gasteiger partial charge in [-0.3, -0.25) is 9.89 Å². The van der Waals surface area contributed by atoms with Crippen molar-refractivity contribution in [3.05, 3.63) is 11.8 Å². The van der Waals surface area contributed by atoms with Crippen LogP contribution in [0.15, 0.2) is 6.20 Å². The van der Waals surface area contributed by atoms with Gasteiger partial charge in [0, 0.05) is 18.0 Å². The van der Waals surface area contributed by atoms with Crippen LogP contribution in [0.3, 0.4) is 0 Å². The lowest BCUT2D eigenvalue weighted by molar-refractivity contribution is -0.123. The van der Waals surface area contributed by atoms with Crippen LogP contribution >= 0.6 is 0 Å². The Morgan fingerprint density at radius 2 is 2.06 bits per heavy atom. The highest BCUT2D eigenvalue weighted by Crippen LogP contribution is 2.68. The SMILES string of the molecule is CC1(C)C(C(=O)NCc2cn[nH]c2N)C1(C)C. The highest BCUT2D eigenvalue weighted by molar-refractivity contribution is 5.84. The van der Waals surface area contributed by atoms with Crippen molar-refractivity contribution in [3.8, 4) is 0 Å². The maximum Gasteiger partial charge on any atom is 0.224 e. The average Bonchev–Trinajstić information content (AvgIpc) is 2.53. The number of nitrogen functional groups attached to an aromatic ring is 1. The Morgan fingerprint density at radius 3 is 2.47 bits per heavy atom. The second-order valence-electron chi connectivity index (χ2n) is 5.90. The van der Waals surface area contributed by atoms with Gasteiger partial charge in [-0.1, -0.05) is 27.7 Å². The number of carbonyl (C=O) groups is 1. The van der Waals surface area contributed by atoms with Gasteiger partial charge in [0.25, 0.3) is 0 Å². The van der Waals surface area contributed by atoms with Crippen molar-refractivity contribution in [2.75, 3.05) is 5.73 Å². The fourth-order valence-electron chi connectivity index (χ4n) is 2.60. The highest BCUT2D eigenvalue weighted by atomic mass is 16.2. The molecule has 0 unspecified atom stereocenters. The number of nitrogens with two attached hydrogens (primary N) is 1. The van der Waals surface area contributed by atoms with E-state index in [0.717, 1.165) is 5.56 Å².